The summed E-state index contributed by atoms with van der Waals surface area (Å²) in [4.78, 5) is 15.1. The minimum Gasteiger partial charge on any atom is -0.496 e. The Balaban J connectivity index is 1.62. The van der Waals surface area contributed by atoms with Crippen LogP contribution in [0.25, 0.3) is 0 Å². The van der Waals surface area contributed by atoms with Gasteiger partial charge >= 0.3 is 0 Å². The molecule has 2 aliphatic rings. The molecule has 0 spiro atoms. The fraction of sp³-hybridized carbons (Fsp3) is 0.611. The topological polar surface area (TPSA) is 41.6 Å². The Kier molecular flexibility index (Phi) is 4.39. The number of anilines is 1. The summed E-state index contributed by atoms with van der Waals surface area (Å²) >= 11 is 0. The molecule has 0 unspecified atom stereocenters. The van der Waals surface area contributed by atoms with E-state index >= 15 is 0 Å². The molecule has 4 heteroatoms. The lowest BCUT2D eigenvalue weighted by Crippen LogP contribution is -2.39. The van der Waals surface area contributed by atoms with Crippen LogP contribution in [-0.4, -0.2) is 37.0 Å². The predicted molar refractivity (Wildman–Crippen MR) is 88.4 cm³/mol. The molecule has 1 aromatic rings. The van der Waals surface area contributed by atoms with Crippen molar-refractivity contribution < 1.29 is 9.53 Å². The first kappa shape index (κ1) is 15.3. The van der Waals surface area contributed by atoms with E-state index in [9.17, 15) is 4.79 Å². The van der Waals surface area contributed by atoms with Gasteiger partial charge in [-0.1, -0.05) is 6.07 Å². The second kappa shape index (κ2) is 6.29. The van der Waals surface area contributed by atoms with Gasteiger partial charge in [0, 0.05) is 23.2 Å². The largest absolute Gasteiger partial charge is 0.496 e. The summed E-state index contributed by atoms with van der Waals surface area (Å²) in [6.07, 6.45) is 4.65. The number of ether oxygens (including phenoxy) is 1. The minimum absolute atomic E-state index is 0.140. The monoisotopic (exact) mass is 302 g/mol. The number of benzene rings is 1. The Morgan fingerprint density at radius 1 is 1.18 bits per heavy atom. The molecule has 1 N–H and O–H groups in total. The quantitative estimate of drug-likeness (QED) is 0.929. The zero-order valence-electron chi connectivity index (χ0n) is 13.8. The summed E-state index contributed by atoms with van der Waals surface area (Å²) in [5, 5.41) is 3.10. The standard InChI is InChI=1S/C18H26N2O2/c1-12-4-7-16(13(2)17(12)22-3)19-18(21)14-8-10-20(11-9-14)15-5-6-15/h4,7,14-15H,5-6,8-11H2,1-3H3,(H,19,21). The van der Waals surface area contributed by atoms with E-state index in [2.05, 4.69) is 10.2 Å². The van der Waals surface area contributed by atoms with E-state index in [0.717, 1.165) is 54.5 Å². The van der Waals surface area contributed by atoms with E-state index < -0.39 is 0 Å². The predicted octanol–water partition coefficient (Wildman–Crippen LogP) is 3.12. The third kappa shape index (κ3) is 3.12. The van der Waals surface area contributed by atoms with Crippen LogP contribution in [0.1, 0.15) is 36.8 Å². The summed E-state index contributed by atoms with van der Waals surface area (Å²) in [5.74, 6) is 1.16. The second-order valence-corrected chi connectivity index (χ2v) is 6.62. The average molecular weight is 302 g/mol. The molecule has 1 aromatic carbocycles. The molecule has 4 nitrogen and oxygen atoms in total. The molecule has 1 amide bonds. The van der Waals surface area contributed by atoms with Gasteiger partial charge < -0.3 is 15.0 Å². The summed E-state index contributed by atoms with van der Waals surface area (Å²) < 4.78 is 5.43. The fourth-order valence-corrected chi connectivity index (χ4v) is 3.48. The maximum atomic E-state index is 12.5. The van der Waals surface area contributed by atoms with Gasteiger partial charge in [-0.05, 0) is 64.3 Å². The van der Waals surface area contributed by atoms with Gasteiger partial charge in [0.25, 0.3) is 0 Å². The average Bonchev–Trinajstić information content (AvgIpc) is 3.35. The number of rotatable bonds is 4. The van der Waals surface area contributed by atoms with Gasteiger partial charge in [0.2, 0.25) is 5.91 Å². The van der Waals surface area contributed by atoms with Crippen LogP contribution in [0.5, 0.6) is 5.75 Å². The first-order valence-electron chi connectivity index (χ1n) is 8.29. The van der Waals surface area contributed by atoms with Crippen LogP contribution in [0, 0.1) is 19.8 Å². The van der Waals surface area contributed by atoms with Crippen LogP contribution in [-0.2, 0) is 4.79 Å². The molecular weight excluding hydrogens is 276 g/mol. The number of amides is 1. The van der Waals surface area contributed by atoms with Crippen molar-refractivity contribution in [2.45, 2.75) is 45.6 Å². The molecule has 1 heterocycles. The van der Waals surface area contributed by atoms with Gasteiger partial charge in [0.15, 0.2) is 0 Å². The van der Waals surface area contributed by atoms with Crippen molar-refractivity contribution in [3.8, 4) is 5.75 Å². The number of hydrogen-bond acceptors (Lipinski definition) is 3. The number of hydrogen-bond donors (Lipinski definition) is 1. The molecule has 2 fully saturated rings. The Bertz CT molecular complexity index is 558. The lowest BCUT2D eigenvalue weighted by atomic mass is 9.95. The normalized spacial score (nSPS) is 20.0. The molecule has 0 bridgehead atoms. The minimum atomic E-state index is 0.140. The van der Waals surface area contributed by atoms with E-state index in [1.54, 1.807) is 7.11 Å². The highest BCUT2D eigenvalue weighted by Crippen LogP contribution is 2.32. The third-order valence-electron chi connectivity index (χ3n) is 5.03. The Hall–Kier alpha value is -1.55. The molecule has 0 radical (unpaired) electrons. The summed E-state index contributed by atoms with van der Waals surface area (Å²) in [6, 6.07) is 4.79. The van der Waals surface area contributed by atoms with Gasteiger partial charge in [0.1, 0.15) is 5.75 Å². The van der Waals surface area contributed by atoms with Crippen molar-refractivity contribution in [3.63, 3.8) is 0 Å². The van der Waals surface area contributed by atoms with Crippen LogP contribution in [0.2, 0.25) is 0 Å². The maximum absolute atomic E-state index is 12.5. The Morgan fingerprint density at radius 2 is 1.86 bits per heavy atom. The number of nitrogens with one attached hydrogen (secondary N) is 1. The van der Waals surface area contributed by atoms with Gasteiger partial charge in [-0.15, -0.1) is 0 Å². The summed E-state index contributed by atoms with van der Waals surface area (Å²) in [6.45, 7) is 6.15. The van der Waals surface area contributed by atoms with Crippen LogP contribution in [0.4, 0.5) is 5.69 Å². The van der Waals surface area contributed by atoms with Gasteiger partial charge in [-0.2, -0.15) is 0 Å². The molecule has 1 saturated carbocycles. The highest BCUT2D eigenvalue weighted by atomic mass is 16.5. The molecule has 1 aliphatic heterocycles. The first-order chi connectivity index (χ1) is 10.6. The van der Waals surface area contributed by atoms with Crippen molar-refractivity contribution >= 4 is 11.6 Å². The van der Waals surface area contributed by atoms with E-state index in [1.807, 2.05) is 26.0 Å². The lowest BCUT2D eigenvalue weighted by molar-refractivity contribution is -0.121. The molecule has 22 heavy (non-hydrogen) atoms. The van der Waals surface area contributed by atoms with E-state index in [-0.39, 0.29) is 11.8 Å². The van der Waals surface area contributed by atoms with Gasteiger partial charge in [-0.25, -0.2) is 0 Å². The van der Waals surface area contributed by atoms with Crippen molar-refractivity contribution in [1.29, 1.82) is 0 Å². The number of methoxy groups -OCH3 is 1. The zero-order chi connectivity index (χ0) is 15.7. The molecule has 1 saturated heterocycles. The first-order valence-corrected chi connectivity index (χ1v) is 8.29. The smallest absolute Gasteiger partial charge is 0.227 e. The third-order valence-corrected chi connectivity index (χ3v) is 5.03. The van der Waals surface area contributed by atoms with Gasteiger partial charge in [-0.3, -0.25) is 4.79 Å². The fourth-order valence-electron chi connectivity index (χ4n) is 3.48. The molecule has 1 aliphatic carbocycles. The van der Waals surface area contributed by atoms with Gasteiger partial charge in [0.05, 0.1) is 7.11 Å². The number of likely N-dealkylation sites (tertiary alicyclic amines) is 1. The zero-order valence-corrected chi connectivity index (χ0v) is 13.8. The summed E-state index contributed by atoms with van der Waals surface area (Å²) in [7, 11) is 1.68. The summed E-state index contributed by atoms with van der Waals surface area (Å²) in [5.41, 5.74) is 2.97. The van der Waals surface area contributed by atoms with E-state index in [0.29, 0.717) is 0 Å². The number of aryl methyl sites for hydroxylation is 1. The highest BCUT2D eigenvalue weighted by molar-refractivity contribution is 5.93. The molecule has 120 valence electrons. The van der Waals surface area contributed by atoms with Crippen molar-refractivity contribution in [1.82, 2.24) is 4.90 Å². The maximum Gasteiger partial charge on any atom is 0.227 e. The number of carbonyl (C=O) groups is 1. The van der Waals surface area contributed by atoms with E-state index in [4.69, 9.17) is 4.74 Å². The van der Waals surface area contributed by atoms with Crippen LogP contribution in [0.3, 0.4) is 0 Å². The number of nitrogens with zero attached hydrogens (tertiary/aromatic N) is 1. The van der Waals surface area contributed by atoms with Crippen molar-refractivity contribution in [3.05, 3.63) is 23.3 Å². The SMILES string of the molecule is COc1c(C)ccc(NC(=O)C2CCN(C3CC3)CC2)c1C. The molecule has 3 rings (SSSR count). The number of carbonyl (C=O) groups excluding carboxylic acids is 1. The van der Waals surface area contributed by atoms with Crippen LogP contribution >= 0.6 is 0 Å². The lowest BCUT2D eigenvalue weighted by Gasteiger charge is -2.31. The Labute approximate surface area is 132 Å². The second-order valence-electron chi connectivity index (χ2n) is 6.62. The number of piperidine rings is 1. The molecular formula is C18H26N2O2. The molecule has 0 atom stereocenters. The van der Waals surface area contributed by atoms with Crippen LogP contribution < -0.4 is 10.1 Å². The van der Waals surface area contributed by atoms with Crippen molar-refractivity contribution in [2.24, 2.45) is 5.92 Å². The van der Waals surface area contributed by atoms with Crippen molar-refractivity contribution in [2.75, 3.05) is 25.5 Å². The van der Waals surface area contributed by atoms with E-state index in [1.165, 1.54) is 12.8 Å². The molecule has 0 aromatic heterocycles. The Morgan fingerprint density at radius 3 is 2.45 bits per heavy atom. The highest BCUT2D eigenvalue weighted by Gasteiger charge is 2.33. The van der Waals surface area contributed by atoms with Crippen LogP contribution in [0.15, 0.2) is 12.1 Å².